The number of benzene rings is 1. The summed E-state index contributed by atoms with van der Waals surface area (Å²) < 4.78 is 4.05. The van der Waals surface area contributed by atoms with Gasteiger partial charge in [0.2, 0.25) is 0 Å². The molecule has 4 rings (SSSR count). The fraction of sp³-hybridized carbons (Fsp3) is 0.353. The Hall–Kier alpha value is -2.43. The SMILES string of the molecule is Cn1ccc(-c2nnc3n2CCC(c2ccccc2)CC3)n1. The van der Waals surface area contributed by atoms with Crippen molar-refractivity contribution < 1.29 is 0 Å². The highest BCUT2D eigenvalue weighted by Crippen LogP contribution is 2.30. The molecule has 3 aromatic rings. The molecule has 22 heavy (non-hydrogen) atoms. The molecule has 1 atom stereocenters. The maximum Gasteiger partial charge on any atom is 0.184 e. The number of nitrogens with zero attached hydrogens (tertiary/aromatic N) is 5. The van der Waals surface area contributed by atoms with Crippen LogP contribution in [-0.2, 0) is 20.0 Å². The highest BCUT2D eigenvalue weighted by atomic mass is 15.3. The van der Waals surface area contributed by atoms with E-state index in [9.17, 15) is 0 Å². The van der Waals surface area contributed by atoms with E-state index in [0.29, 0.717) is 5.92 Å². The Kier molecular flexibility index (Phi) is 3.25. The zero-order valence-corrected chi connectivity index (χ0v) is 12.7. The zero-order valence-electron chi connectivity index (χ0n) is 12.7. The lowest BCUT2D eigenvalue weighted by Gasteiger charge is -2.14. The van der Waals surface area contributed by atoms with Crippen molar-refractivity contribution in [1.29, 1.82) is 0 Å². The largest absolute Gasteiger partial charge is 0.310 e. The van der Waals surface area contributed by atoms with Gasteiger partial charge in [-0.15, -0.1) is 10.2 Å². The third kappa shape index (κ3) is 2.32. The van der Waals surface area contributed by atoms with E-state index in [4.69, 9.17) is 0 Å². The number of fused-ring (bicyclic) bond motifs is 1. The van der Waals surface area contributed by atoms with Crippen LogP contribution in [-0.4, -0.2) is 24.5 Å². The summed E-state index contributed by atoms with van der Waals surface area (Å²) in [6.45, 7) is 0.952. The number of hydrogen-bond donors (Lipinski definition) is 0. The highest BCUT2D eigenvalue weighted by Gasteiger charge is 2.22. The summed E-state index contributed by atoms with van der Waals surface area (Å²) in [4.78, 5) is 0. The summed E-state index contributed by atoms with van der Waals surface area (Å²) in [6, 6.07) is 12.8. The lowest BCUT2D eigenvalue weighted by molar-refractivity contribution is 0.561. The van der Waals surface area contributed by atoms with Crippen molar-refractivity contribution in [3.63, 3.8) is 0 Å². The number of rotatable bonds is 2. The van der Waals surface area contributed by atoms with Gasteiger partial charge in [0.25, 0.3) is 0 Å². The molecule has 0 amide bonds. The first-order valence-electron chi connectivity index (χ1n) is 7.78. The van der Waals surface area contributed by atoms with Crippen LogP contribution in [0.2, 0.25) is 0 Å². The smallest absolute Gasteiger partial charge is 0.184 e. The van der Waals surface area contributed by atoms with Gasteiger partial charge in [-0.2, -0.15) is 5.10 Å². The van der Waals surface area contributed by atoms with Crippen LogP contribution in [0.15, 0.2) is 42.6 Å². The van der Waals surface area contributed by atoms with Gasteiger partial charge in [0, 0.05) is 26.2 Å². The van der Waals surface area contributed by atoms with Crippen LogP contribution in [0.25, 0.3) is 11.5 Å². The molecule has 0 N–H and O–H groups in total. The standard InChI is InChI=1S/C17H19N5/c1-21-11-10-15(20-21)17-19-18-16-8-7-14(9-12-22(16)17)13-5-3-2-4-6-13/h2-6,10-11,14H,7-9,12H2,1H3. The van der Waals surface area contributed by atoms with Crippen LogP contribution in [0.3, 0.4) is 0 Å². The molecule has 0 saturated heterocycles. The van der Waals surface area contributed by atoms with E-state index in [2.05, 4.69) is 50.2 Å². The molecule has 0 aliphatic carbocycles. The summed E-state index contributed by atoms with van der Waals surface area (Å²) in [5, 5.41) is 13.2. The zero-order chi connectivity index (χ0) is 14.9. The summed E-state index contributed by atoms with van der Waals surface area (Å²) in [7, 11) is 1.93. The third-order valence-corrected chi connectivity index (χ3v) is 4.46. The fourth-order valence-electron chi connectivity index (χ4n) is 3.27. The Balaban J connectivity index is 1.62. The molecule has 0 radical (unpaired) electrons. The normalized spacial score (nSPS) is 18.0. The molecular weight excluding hydrogens is 274 g/mol. The first kappa shape index (κ1) is 13.2. The van der Waals surface area contributed by atoms with Crippen molar-refractivity contribution in [2.75, 3.05) is 0 Å². The summed E-state index contributed by atoms with van der Waals surface area (Å²) >= 11 is 0. The molecule has 1 aromatic carbocycles. The average Bonchev–Trinajstić information content (AvgIpc) is 3.09. The Labute approximate surface area is 129 Å². The Morgan fingerprint density at radius 3 is 2.68 bits per heavy atom. The van der Waals surface area contributed by atoms with Crippen molar-refractivity contribution >= 4 is 0 Å². The second-order valence-corrected chi connectivity index (χ2v) is 5.90. The van der Waals surface area contributed by atoms with E-state index >= 15 is 0 Å². The molecular formula is C17H19N5. The third-order valence-electron chi connectivity index (χ3n) is 4.46. The topological polar surface area (TPSA) is 48.5 Å². The molecule has 1 unspecified atom stereocenters. The summed E-state index contributed by atoms with van der Waals surface area (Å²) in [5.74, 6) is 2.57. The van der Waals surface area contributed by atoms with Crippen LogP contribution in [0.5, 0.6) is 0 Å². The molecule has 5 heteroatoms. The van der Waals surface area contributed by atoms with Crippen molar-refractivity contribution in [3.8, 4) is 11.5 Å². The van der Waals surface area contributed by atoms with Crippen molar-refractivity contribution in [2.45, 2.75) is 31.7 Å². The van der Waals surface area contributed by atoms with Gasteiger partial charge in [-0.1, -0.05) is 30.3 Å². The quantitative estimate of drug-likeness (QED) is 0.730. The summed E-state index contributed by atoms with van der Waals surface area (Å²) in [6.07, 6.45) is 5.17. The van der Waals surface area contributed by atoms with Gasteiger partial charge in [0.05, 0.1) is 0 Å². The number of hydrogen-bond acceptors (Lipinski definition) is 3. The van der Waals surface area contributed by atoms with E-state index in [0.717, 1.165) is 43.1 Å². The Morgan fingerprint density at radius 1 is 1.05 bits per heavy atom. The van der Waals surface area contributed by atoms with Crippen LogP contribution < -0.4 is 0 Å². The van der Waals surface area contributed by atoms with Gasteiger partial charge in [0.15, 0.2) is 5.82 Å². The van der Waals surface area contributed by atoms with Gasteiger partial charge in [-0.3, -0.25) is 4.68 Å². The lowest BCUT2D eigenvalue weighted by atomic mass is 9.92. The Bertz CT molecular complexity index is 771. The Morgan fingerprint density at radius 2 is 1.91 bits per heavy atom. The summed E-state index contributed by atoms with van der Waals surface area (Å²) in [5.41, 5.74) is 2.33. The monoisotopic (exact) mass is 293 g/mol. The van der Waals surface area contributed by atoms with E-state index in [-0.39, 0.29) is 0 Å². The van der Waals surface area contributed by atoms with Gasteiger partial charge in [-0.25, -0.2) is 0 Å². The molecule has 0 saturated carbocycles. The van der Waals surface area contributed by atoms with Crippen molar-refractivity contribution in [3.05, 3.63) is 54.0 Å². The molecule has 112 valence electrons. The molecule has 5 nitrogen and oxygen atoms in total. The van der Waals surface area contributed by atoms with Crippen molar-refractivity contribution in [2.24, 2.45) is 7.05 Å². The first-order chi connectivity index (χ1) is 10.8. The minimum atomic E-state index is 0.597. The minimum absolute atomic E-state index is 0.597. The molecule has 0 bridgehead atoms. The minimum Gasteiger partial charge on any atom is -0.310 e. The van der Waals surface area contributed by atoms with Crippen molar-refractivity contribution in [1.82, 2.24) is 24.5 Å². The highest BCUT2D eigenvalue weighted by molar-refractivity contribution is 5.48. The van der Waals surface area contributed by atoms with Gasteiger partial charge >= 0.3 is 0 Å². The molecule has 1 aliphatic rings. The van der Waals surface area contributed by atoms with Crippen LogP contribution in [0.4, 0.5) is 0 Å². The first-order valence-corrected chi connectivity index (χ1v) is 7.78. The maximum absolute atomic E-state index is 4.46. The average molecular weight is 293 g/mol. The second-order valence-electron chi connectivity index (χ2n) is 5.90. The molecule has 0 spiro atoms. The van der Waals surface area contributed by atoms with E-state index < -0.39 is 0 Å². The van der Waals surface area contributed by atoms with Gasteiger partial charge in [0.1, 0.15) is 11.5 Å². The maximum atomic E-state index is 4.46. The van der Waals surface area contributed by atoms with Gasteiger partial charge in [-0.05, 0) is 30.4 Å². The lowest BCUT2D eigenvalue weighted by Crippen LogP contribution is -2.04. The van der Waals surface area contributed by atoms with Crippen LogP contribution in [0.1, 0.15) is 30.1 Å². The van der Waals surface area contributed by atoms with E-state index in [1.807, 2.05) is 19.3 Å². The van der Waals surface area contributed by atoms with E-state index in [1.54, 1.807) is 4.68 Å². The van der Waals surface area contributed by atoms with E-state index in [1.165, 1.54) is 5.56 Å². The second kappa shape index (κ2) is 5.40. The predicted octanol–water partition coefficient (Wildman–Crippen LogP) is 2.80. The molecule has 1 aliphatic heterocycles. The van der Waals surface area contributed by atoms with Crippen LogP contribution in [0, 0.1) is 0 Å². The molecule has 2 aromatic heterocycles. The predicted molar refractivity (Wildman–Crippen MR) is 84.3 cm³/mol. The molecule has 0 fully saturated rings. The number of aromatic nitrogens is 5. The fourth-order valence-corrected chi connectivity index (χ4v) is 3.27. The number of aryl methyl sites for hydroxylation is 2. The van der Waals surface area contributed by atoms with Crippen LogP contribution >= 0.6 is 0 Å². The van der Waals surface area contributed by atoms with Gasteiger partial charge < -0.3 is 4.57 Å². The molecule has 3 heterocycles.